The van der Waals surface area contributed by atoms with Gasteiger partial charge >= 0.3 is 6.03 Å². The summed E-state index contributed by atoms with van der Waals surface area (Å²) >= 11 is 0. The Morgan fingerprint density at radius 3 is 3.04 bits per heavy atom. The van der Waals surface area contributed by atoms with Crippen LogP contribution in [0.5, 0.6) is 0 Å². The van der Waals surface area contributed by atoms with E-state index in [0.29, 0.717) is 12.5 Å². The summed E-state index contributed by atoms with van der Waals surface area (Å²) < 4.78 is 15.3. The van der Waals surface area contributed by atoms with Gasteiger partial charge in [-0.2, -0.15) is 0 Å². The standard InChI is InChI=1S/C18H23FN4O/c1-12(11-23-7-6-20-13(23)2)10-21-18(24)22-17-9-16(17)14-4-3-5-15(19)8-14/h3-8,12,16-17H,9-11H2,1-2H3,(H2,21,22,24)/t12?,16-,17+/m0/s1. The molecule has 3 rings (SSSR count). The third-order valence-electron chi connectivity index (χ3n) is 4.43. The number of aromatic nitrogens is 2. The van der Waals surface area contributed by atoms with Gasteiger partial charge in [0, 0.05) is 37.4 Å². The predicted octanol–water partition coefficient (Wildman–Crippen LogP) is 2.82. The summed E-state index contributed by atoms with van der Waals surface area (Å²) in [7, 11) is 0. The lowest BCUT2D eigenvalue weighted by Crippen LogP contribution is -2.40. The van der Waals surface area contributed by atoms with Gasteiger partial charge in [0.1, 0.15) is 11.6 Å². The van der Waals surface area contributed by atoms with Gasteiger partial charge in [-0.3, -0.25) is 0 Å². The molecule has 1 aromatic carbocycles. The summed E-state index contributed by atoms with van der Waals surface area (Å²) in [5.74, 6) is 1.27. The van der Waals surface area contributed by atoms with Crippen molar-refractivity contribution in [2.45, 2.75) is 38.8 Å². The maximum absolute atomic E-state index is 13.2. The first kappa shape index (κ1) is 16.5. The molecule has 5 nitrogen and oxygen atoms in total. The van der Waals surface area contributed by atoms with Crippen LogP contribution < -0.4 is 10.6 Å². The minimum absolute atomic E-state index is 0.0954. The van der Waals surface area contributed by atoms with E-state index < -0.39 is 0 Å². The van der Waals surface area contributed by atoms with Crippen LogP contribution >= 0.6 is 0 Å². The summed E-state index contributed by atoms with van der Waals surface area (Å²) in [5.41, 5.74) is 0.948. The van der Waals surface area contributed by atoms with Crippen LogP contribution in [-0.4, -0.2) is 28.2 Å². The van der Waals surface area contributed by atoms with Crippen molar-refractivity contribution >= 4 is 6.03 Å². The molecule has 0 bridgehead atoms. The Kier molecular flexibility index (Phi) is 4.83. The fraction of sp³-hybridized carbons (Fsp3) is 0.444. The Hall–Kier alpha value is -2.37. The van der Waals surface area contributed by atoms with Crippen LogP contribution in [0.15, 0.2) is 36.7 Å². The van der Waals surface area contributed by atoms with Crippen molar-refractivity contribution < 1.29 is 9.18 Å². The Morgan fingerprint density at radius 2 is 2.33 bits per heavy atom. The largest absolute Gasteiger partial charge is 0.338 e. The number of urea groups is 1. The quantitative estimate of drug-likeness (QED) is 0.856. The number of benzene rings is 1. The van der Waals surface area contributed by atoms with Crippen LogP contribution in [0.4, 0.5) is 9.18 Å². The Labute approximate surface area is 141 Å². The van der Waals surface area contributed by atoms with Crippen LogP contribution in [0.25, 0.3) is 0 Å². The molecule has 1 saturated carbocycles. The van der Waals surface area contributed by atoms with E-state index in [0.717, 1.165) is 24.4 Å². The van der Waals surface area contributed by atoms with Crippen LogP contribution in [0, 0.1) is 18.7 Å². The summed E-state index contributed by atoms with van der Waals surface area (Å²) in [6, 6.07) is 6.53. The molecule has 2 amide bonds. The topological polar surface area (TPSA) is 59.0 Å². The van der Waals surface area contributed by atoms with Crippen molar-refractivity contribution in [3.8, 4) is 0 Å². The Bertz CT molecular complexity index is 715. The number of halogens is 1. The minimum Gasteiger partial charge on any atom is -0.338 e. The first-order valence-corrected chi connectivity index (χ1v) is 8.30. The predicted molar refractivity (Wildman–Crippen MR) is 90.2 cm³/mol. The number of rotatable bonds is 6. The van der Waals surface area contributed by atoms with E-state index in [4.69, 9.17) is 0 Å². The second kappa shape index (κ2) is 7.03. The van der Waals surface area contributed by atoms with Crippen LogP contribution in [0.2, 0.25) is 0 Å². The van der Waals surface area contributed by atoms with Gasteiger partial charge in [0.25, 0.3) is 0 Å². The maximum Gasteiger partial charge on any atom is 0.315 e. The van der Waals surface area contributed by atoms with Gasteiger partial charge in [0.05, 0.1) is 0 Å². The van der Waals surface area contributed by atoms with Crippen molar-refractivity contribution in [1.29, 1.82) is 0 Å². The first-order valence-electron chi connectivity index (χ1n) is 8.30. The van der Waals surface area contributed by atoms with Crippen molar-refractivity contribution in [3.05, 3.63) is 53.9 Å². The maximum atomic E-state index is 13.2. The average Bonchev–Trinajstić information content (AvgIpc) is 3.20. The second-order valence-corrected chi connectivity index (χ2v) is 6.59. The number of hydrogen-bond acceptors (Lipinski definition) is 2. The molecule has 2 N–H and O–H groups in total. The summed E-state index contributed by atoms with van der Waals surface area (Å²) in [5, 5.41) is 5.87. The molecule has 3 atom stereocenters. The number of aryl methyl sites for hydroxylation is 1. The zero-order valence-electron chi connectivity index (χ0n) is 14.0. The van der Waals surface area contributed by atoms with E-state index >= 15 is 0 Å². The van der Waals surface area contributed by atoms with Crippen LogP contribution in [0.3, 0.4) is 0 Å². The monoisotopic (exact) mass is 330 g/mol. The van der Waals surface area contributed by atoms with Crippen LogP contribution in [0.1, 0.15) is 30.7 Å². The van der Waals surface area contributed by atoms with Gasteiger partial charge in [-0.25, -0.2) is 14.2 Å². The highest BCUT2D eigenvalue weighted by Gasteiger charge is 2.39. The number of hydrogen-bond donors (Lipinski definition) is 2. The van der Waals surface area contributed by atoms with Gasteiger partial charge < -0.3 is 15.2 Å². The molecule has 6 heteroatoms. The fourth-order valence-corrected chi connectivity index (χ4v) is 2.94. The van der Waals surface area contributed by atoms with Gasteiger partial charge in [-0.05, 0) is 37.0 Å². The van der Waals surface area contributed by atoms with Crippen molar-refractivity contribution in [2.24, 2.45) is 5.92 Å². The third-order valence-corrected chi connectivity index (χ3v) is 4.43. The van der Waals surface area contributed by atoms with Crippen molar-refractivity contribution in [3.63, 3.8) is 0 Å². The molecule has 0 radical (unpaired) electrons. The van der Waals surface area contributed by atoms with Crippen LogP contribution in [-0.2, 0) is 6.54 Å². The van der Waals surface area contributed by atoms with E-state index in [1.54, 1.807) is 18.3 Å². The molecule has 2 aromatic rings. The second-order valence-electron chi connectivity index (χ2n) is 6.59. The number of amides is 2. The SMILES string of the molecule is Cc1nccn1CC(C)CNC(=O)N[C@@H]1C[C@H]1c1cccc(F)c1. The highest BCUT2D eigenvalue weighted by atomic mass is 19.1. The smallest absolute Gasteiger partial charge is 0.315 e. The molecule has 1 fully saturated rings. The molecule has 0 aliphatic heterocycles. The van der Waals surface area contributed by atoms with E-state index in [9.17, 15) is 9.18 Å². The number of imidazole rings is 1. The average molecular weight is 330 g/mol. The molecule has 1 aromatic heterocycles. The lowest BCUT2D eigenvalue weighted by Gasteiger charge is -2.15. The Balaban J connectivity index is 1.40. The molecule has 1 aliphatic carbocycles. The molecular formula is C18H23FN4O. The molecule has 0 saturated heterocycles. The summed E-state index contributed by atoms with van der Waals surface area (Å²) in [4.78, 5) is 16.2. The lowest BCUT2D eigenvalue weighted by molar-refractivity contribution is 0.238. The number of carbonyl (C=O) groups excluding carboxylic acids is 1. The number of nitrogens with one attached hydrogen (secondary N) is 2. The van der Waals surface area contributed by atoms with Crippen molar-refractivity contribution in [2.75, 3.05) is 6.54 Å². The lowest BCUT2D eigenvalue weighted by atomic mass is 10.1. The molecule has 1 unspecified atom stereocenters. The number of nitrogens with zero attached hydrogens (tertiary/aromatic N) is 2. The molecule has 0 spiro atoms. The molecule has 128 valence electrons. The minimum atomic E-state index is -0.230. The molecule has 1 heterocycles. The van der Waals surface area contributed by atoms with E-state index in [2.05, 4.69) is 27.1 Å². The van der Waals surface area contributed by atoms with E-state index in [-0.39, 0.29) is 23.8 Å². The highest BCUT2D eigenvalue weighted by Crippen LogP contribution is 2.40. The zero-order valence-corrected chi connectivity index (χ0v) is 14.0. The molecular weight excluding hydrogens is 307 g/mol. The Morgan fingerprint density at radius 1 is 1.50 bits per heavy atom. The first-order chi connectivity index (χ1) is 11.5. The van der Waals surface area contributed by atoms with E-state index in [1.807, 2.05) is 19.2 Å². The number of carbonyl (C=O) groups is 1. The summed E-state index contributed by atoms with van der Waals surface area (Å²) in [6.45, 7) is 5.47. The summed E-state index contributed by atoms with van der Waals surface area (Å²) in [6.07, 6.45) is 4.59. The zero-order chi connectivity index (χ0) is 17.1. The van der Waals surface area contributed by atoms with E-state index in [1.165, 1.54) is 6.07 Å². The normalized spacial score (nSPS) is 20.5. The van der Waals surface area contributed by atoms with Crippen molar-refractivity contribution in [1.82, 2.24) is 20.2 Å². The van der Waals surface area contributed by atoms with Gasteiger partial charge in [0.15, 0.2) is 0 Å². The fourth-order valence-electron chi connectivity index (χ4n) is 2.94. The third kappa shape index (κ3) is 4.13. The molecule has 1 aliphatic rings. The van der Waals surface area contributed by atoms with Gasteiger partial charge in [-0.1, -0.05) is 19.1 Å². The van der Waals surface area contributed by atoms with Gasteiger partial charge in [0.2, 0.25) is 0 Å². The van der Waals surface area contributed by atoms with Gasteiger partial charge in [-0.15, -0.1) is 0 Å². The molecule has 24 heavy (non-hydrogen) atoms. The highest BCUT2D eigenvalue weighted by molar-refractivity contribution is 5.74.